The van der Waals surface area contributed by atoms with Gasteiger partial charge in [0.1, 0.15) is 6.20 Å². The van der Waals surface area contributed by atoms with Crippen molar-refractivity contribution in [1.82, 2.24) is 5.32 Å². The summed E-state index contributed by atoms with van der Waals surface area (Å²) in [5.41, 5.74) is 0. The average Bonchev–Trinajstić information content (AvgIpc) is 1.91. The van der Waals surface area contributed by atoms with Crippen LogP contribution in [0.15, 0.2) is 12.4 Å². The Hall–Kier alpha value is 0.230. The highest BCUT2D eigenvalue weighted by Crippen LogP contribution is 1.72. The Morgan fingerprint density at radius 1 is 1.62 bits per heavy atom. The molecule has 0 saturated carbocycles. The van der Waals surface area contributed by atoms with E-state index in [-0.39, 0.29) is 24.0 Å². The summed E-state index contributed by atoms with van der Waals surface area (Å²) in [6, 6.07) is 0. The van der Waals surface area contributed by atoms with Crippen LogP contribution in [0.25, 0.3) is 0 Å². The zero-order valence-corrected chi connectivity index (χ0v) is 7.27. The molecule has 8 heavy (non-hydrogen) atoms. The zero-order chi connectivity index (χ0) is 5.28. The Balaban J connectivity index is 0.000000490. The Labute approximate surface area is 67.0 Å². The highest BCUT2D eigenvalue weighted by molar-refractivity contribution is 4.75. The van der Waals surface area contributed by atoms with Gasteiger partial charge in [-0.3, -0.25) is 4.90 Å². The van der Waals surface area contributed by atoms with Gasteiger partial charge in [0.15, 0.2) is 6.17 Å². The molecular formula is C5H11IN2. The van der Waals surface area contributed by atoms with Crippen LogP contribution < -0.4 is 34.2 Å². The van der Waals surface area contributed by atoms with Gasteiger partial charge in [-0.25, -0.2) is 0 Å². The van der Waals surface area contributed by atoms with Crippen LogP contribution in [-0.2, 0) is 0 Å². The minimum Gasteiger partial charge on any atom is -1.00 e. The van der Waals surface area contributed by atoms with E-state index in [1.165, 1.54) is 4.90 Å². The number of rotatable bonds is 0. The molecule has 2 N–H and O–H groups in total. The fourth-order valence-corrected chi connectivity index (χ4v) is 0.600. The van der Waals surface area contributed by atoms with Crippen LogP contribution in [0.3, 0.4) is 0 Å². The minimum atomic E-state index is 0. The van der Waals surface area contributed by atoms with E-state index in [1.54, 1.807) is 0 Å². The van der Waals surface area contributed by atoms with Crippen molar-refractivity contribution in [1.29, 1.82) is 0 Å². The maximum atomic E-state index is 3.15. The minimum absolute atomic E-state index is 0. The third-order valence-corrected chi connectivity index (χ3v) is 1.38. The quantitative estimate of drug-likeness (QED) is 0.402. The summed E-state index contributed by atoms with van der Waals surface area (Å²) in [4.78, 5) is 1.42. The van der Waals surface area contributed by atoms with Gasteiger partial charge in [0.2, 0.25) is 0 Å². The molecule has 0 aliphatic carbocycles. The number of halogens is 1. The van der Waals surface area contributed by atoms with Gasteiger partial charge in [0, 0.05) is 6.92 Å². The summed E-state index contributed by atoms with van der Waals surface area (Å²) in [5, 5.41) is 3.15. The Morgan fingerprint density at radius 3 is 2.38 bits per heavy atom. The summed E-state index contributed by atoms with van der Waals surface area (Å²) in [5.74, 6) is 0. The summed E-state index contributed by atoms with van der Waals surface area (Å²) in [6.45, 7) is 2.15. The molecule has 0 aromatic heterocycles. The maximum Gasteiger partial charge on any atom is 0.161 e. The van der Waals surface area contributed by atoms with Crippen LogP contribution in [0, 0.1) is 0 Å². The summed E-state index contributed by atoms with van der Waals surface area (Å²) >= 11 is 0. The lowest BCUT2D eigenvalue weighted by molar-refractivity contribution is -0.846. The monoisotopic (exact) mass is 226 g/mol. The van der Waals surface area contributed by atoms with Crippen LogP contribution in [0.5, 0.6) is 0 Å². The van der Waals surface area contributed by atoms with Crippen molar-refractivity contribution in [3.63, 3.8) is 0 Å². The molecule has 2 unspecified atom stereocenters. The number of quaternary nitrogens is 1. The molecule has 3 heteroatoms. The molecule has 0 fully saturated rings. The topological polar surface area (TPSA) is 16.5 Å². The lowest BCUT2D eigenvalue weighted by Crippen LogP contribution is -3.07. The highest BCUT2D eigenvalue weighted by Gasteiger charge is 2.11. The fourth-order valence-electron chi connectivity index (χ4n) is 0.600. The normalized spacial score (nSPS) is 33.8. The van der Waals surface area contributed by atoms with Crippen LogP contribution in [0.4, 0.5) is 0 Å². The van der Waals surface area contributed by atoms with Crippen molar-refractivity contribution in [2.75, 3.05) is 7.05 Å². The van der Waals surface area contributed by atoms with Crippen LogP contribution >= 0.6 is 0 Å². The third-order valence-electron chi connectivity index (χ3n) is 1.38. The standard InChI is InChI=1S/C5H10N2.HI/c1-5-6-3-4-7(5)2;/h3-6H,1-2H3;1H. The third kappa shape index (κ3) is 1.63. The second kappa shape index (κ2) is 3.29. The second-order valence-corrected chi connectivity index (χ2v) is 1.97. The number of nitrogens with one attached hydrogen (secondary N) is 2. The highest BCUT2D eigenvalue weighted by atomic mass is 127. The summed E-state index contributed by atoms with van der Waals surface area (Å²) in [7, 11) is 2.13. The molecule has 0 spiro atoms. The molecule has 48 valence electrons. The smallest absolute Gasteiger partial charge is 0.161 e. The largest absolute Gasteiger partial charge is 1.00 e. The summed E-state index contributed by atoms with van der Waals surface area (Å²) < 4.78 is 0. The molecule has 1 aliphatic heterocycles. The first-order chi connectivity index (χ1) is 3.30. The van der Waals surface area contributed by atoms with Crippen molar-refractivity contribution in [3.05, 3.63) is 12.4 Å². The van der Waals surface area contributed by atoms with Crippen molar-refractivity contribution in [2.24, 2.45) is 0 Å². The SMILES string of the molecule is CC1NC=C[NH+]1C.[I-]. The lowest BCUT2D eigenvalue weighted by atomic mass is 10.6. The molecule has 0 aromatic carbocycles. The zero-order valence-electron chi connectivity index (χ0n) is 5.11. The first-order valence-electron chi connectivity index (χ1n) is 2.57. The molecule has 1 aliphatic rings. The number of hydrogen-bond donors (Lipinski definition) is 2. The molecular weight excluding hydrogens is 215 g/mol. The van der Waals surface area contributed by atoms with E-state index in [4.69, 9.17) is 0 Å². The molecule has 0 aromatic rings. The molecule has 1 heterocycles. The average molecular weight is 226 g/mol. The lowest BCUT2D eigenvalue weighted by Gasteiger charge is -2.08. The molecule has 2 atom stereocenters. The van der Waals surface area contributed by atoms with Crippen molar-refractivity contribution >= 4 is 0 Å². The number of hydrogen-bond acceptors (Lipinski definition) is 1. The van der Waals surface area contributed by atoms with E-state index in [0.717, 1.165) is 0 Å². The van der Waals surface area contributed by atoms with E-state index in [2.05, 4.69) is 25.5 Å². The Bertz CT molecular complexity index is 92.4. The van der Waals surface area contributed by atoms with E-state index in [1.807, 2.05) is 6.20 Å². The first kappa shape index (κ1) is 8.23. The van der Waals surface area contributed by atoms with Crippen LogP contribution in [0.2, 0.25) is 0 Å². The predicted octanol–water partition coefficient (Wildman–Crippen LogP) is -4.07. The predicted molar refractivity (Wildman–Crippen MR) is 28.6 cm³/mol. The van der Waals surface area contributed by atoms with Gasteiger partial charge in [-0.05, 0) is 0 Å². The van der Waals surface area contributed by atoms with Gasteiger partial charge in [-0.1, -0.05) is 0 Å². The molecule has 1 rings (SSSR count). The van der Waals surface area contributed by atoms with E-state index < -0.39 is 0 Å². The van der Waals surface area contributed by atoms with Gasteiger partial charge in [-0.2, -0.15) is 0 Å². The van der Waals surface area contributed by atoms with E-state index in [0.29, 0.717) is 6.17 Å². The molecule has 0 radical (unpaired) electrons. The van der Waals surface area contributed by atoms with Gasteiger partial charge in [-0.15, -0.1) is 0 Å². The Morgan fingerprint density at radius 2 is 2.25 bits per heavy atom. The molecule has 0 bridgehead atoms. The van der Waals surface area contributed by atoms with Gasteiger partial charge in [0.05, 0.1) is 13.2 Å². The van der Waals surface area contributed by atoms with Crippen molar-refractivity contribution in [2.45, 2.75) is 13.1 Å². The van der Waals surface area contributed by atoms with Crippen molar-refractivity contribution in [3.8, 4) is 0 Å². The maximum absolute atomic E-state index is 3.15. The van der Waals surface area contributed by atoms with Gasteiger partial charge >= 0.3 is 0 Å². The first-order valence-corrected chi connectivity index (χ1v) is 2.57. The molecule has 0 saturated heterocycles. The van der Waals surface area contributed by atoms with E-state index in [9.17, 15) is 0 Å². The van der Waals surface area contributed by atoms with E-state index >= 15 is 0 Å². The second-order valence-electron chi connectivity index (χ2n) is 1.97. The fraction of sp³-hybridized carbons (Fsp3) is 0.600. The van der Waals surface area contributed by atoms with Crippen LogP contribution in [-0.4, -0.2) is 13.2 Å². The molecule has 0 amide bonds. The van der Waals surface area contributed by atoms with Crippen LogP contribution in [0.1, 0.15) is 6.92 Å². The van der Waals surface area contributed by atoms with Gasteiger partial charge in [0.25, 0.3) is 0 Å². The summed E-state index contributed by atoms with van der Waals surface area (Å²) in [6.07, 6.45) is 4.66. The Kier molecular flexibility index (Phi) is 3.39. The van der Waals surface area contributed by atoms with Gasteiger partial charge < -0.3 is 29.3 Å². The van der Waals surface area contributed by atoms with Crippen molar-refractivity contribution < 1.29 is 28.9 Å². The molecule has 2 nitrogen and oxygen atoms in total.